The fourth-order valence-corrected chi connectivity index (χ4v) is 5.19. The Kier molecular flexibility index (Phi) is 5.47. The van der Waals surface area contributed by atoms with Gasteiger partial charge in [0.15, 0.2) is 11.5 Å². The van der Waals surface area contributed by atoms with Crippen LogP contribution < -0.4 is 9.47 Å². The zero-order valence-electron chi connectivity index (χ0n) is 17.6. The Hall–Kier alpha value is -3.12. The van der Waals surface area contributed by atoms with Gasteiger partial charge in [0.2, 0.25) is 0 Å². The molecule has 0 aromatic heterocycles. The second-order valence-corrected chi connectivity index (χ2v) is 8.68. The molecule has 2 aliphatic carbocycles. The molecule has 2 fully saturated rings. The average Bonchev–Trinajstić information content (AvgIpc) is 3.47. The van der Waals surface area contributed by atoms with Gasteiger partial charge in [-0.05, 0) is 48.4 Å². The van der Waals surface area contributed by atoms with Crippen molar-refractivity contribution in [3.8, 4) is 11.5 Å². The normalized spacial score (nSPS) is 25.8. The third-order valence-electron chi connectivity index (χ3n) is 6.33. The Labute approximate surface area is 191 Å². The molecule has 32 heavy (non-hydrogen) atoms. The molecule has 7 heteroatoms. The molecule has 2 aromatic carbocycles. The number of carbonyl (C=O) groups excluding carboxylic acids is 2. The van der Waals surface area contributed by atoms with E-state index in [4.69, 9.17) is 21.1 Å². The summed E-state index contributed by atoms with van der Waals surface area (Å²) in [6.45, 7) is 2.66. The van der Waals surface area contributed by atoms with Crippen molar-refractivity contribution in [2.45, 2.75) is 20.0 Å². The lowest BCUT2D eigenvalue weighted by Gasteiger charge is -2.15. The summed E-state index contributed by atoms with van der Waals surface area (Å²) in [6, 6.07) is 13.2. The van der Waals surface area contributed by atoms with E-state index in [0.29, 0.717) is 35.3 Å². The number of allylic oxidation sites excluding steroid dienone is 2. The van der Waals surface area contributed by atoms with Gasteiger partial charge in [-0.15, -0.1) is 0 Å². The van der Waals surface area contributed by atoms with Gasteiger partial charge < -0.3 is 9.47 Å². The van der Waals surface area contributed by atoms with E-state index in [9.17, 15) is 9.59 Å². The van der Waals surface area contributed by atoms with E-state index in [0.717, 1.165) is 17.0 Å². The monoisotopic (exact) mass is 450 g/mol. The number of rotatable bonds is 7. The molecule has 4 unspecified atom stereocenters. The van der Waals surface area contributed by atoms with Gasteiger partial charge in [-0.3, -0.25) is 9.59 Å². The number of amides is 2. The van der Waals surface area contributed by atoms with E-state index in [-0.39, 0.29) is 35.5 Å². The second kappa shape index (κ2) is 8.43. The molecule has 0 N–H and O–H groups in total. The van der Waals surface area contributed by atoms with Crippen LogP contribution in [0.5, 0.6) is 11.5 Å². The summed E-state index contributed by atoms with van der Waals surface area (Å²) >= 11 is 6.49. The largest absolute Gasteiger partial charge is 0.490 e. The number of hydrogen-bond acceptors (Lipinski definition) is 5. The van der Waals surface area contributed by atoms with Crippen molar-refractivity contribution < 1.29 is 19.1 Å². The van der Waals surface area contributed by atoms with Crippen molar-refractivity contribution in [2.24, 2.45) is 28.8 Å². The standard InChI is InChI=1S/C25H23ClN2O4/c1-2-31-20-11-16(10-19(26)23(20)32-14-15-6-4-3-5-7-15)13-27-28-24(29)21-17-8-9-18(12-17)22(21)25(28)30/h3-11,13,17-18,21-22H,2,12,14H2,1H3. The first-order chi connectivity index (χ1) is 15.6. The maximum atomic E-state index is 12.8. The molecule has 1 aliphatic heterocycles. The molecule has 164 valence electrons. The third kappa shape index (κ3) is 3.58. The first kappa shape index (κ1) is 20.8. The minimum absolute atomic E-state index is 0.154. The van der Waals surface area contributed by atoms with Crippen LogP contribution in [-0.2, 0) is 16.2 Å². The molecule has 3 aliphatic rings. The molecule has 4 atom stereocenters. The number of ether oxygens (including phenoxy) is 2. The van der Waals surface area contributed by atoms with E-state index in [1.54, 1.807) is 12.1 Å². The number of nitrogens with zero attached hydrogens (tertiary/aromatic N) is 2. The summed E-state index contributed by atoms with van der Waals surface area (Å²) in [5.74, 6) is 0.259. The molecule has 2 aromatic rings. The summed E-state index contributed by atoms with van der Waals surface area (Å²) in [6.07, 6.45) is 6.49. The summed E-state index contributed by atoms with van der Waals surface area (Å²) in [5, 5.41) is 5.62. The first-order valence-electron chi connectivity index (χ1n) is 10.8. The molecule has 1 heterocycles. The van der Waals surface area contributed by atoms with Crippen molar-refractivity contribution in [2.75, 3.05) is 6.61 Å². The quantitative estimate of drug-likeness (QED) is 0.355. The smallest absolute Gasteiger partial charge is 0.254 e. The van der Waals surface area contributed by atoms with Crippen LogP contribution in [0.3, 0.4) is 0 Å². The molecule has 2 bridgehead atoms. The maximum Gasteiger partial charge on any atom is 0.254 e. The Bertz CT molecular complexity index is 1080. The van der Waals surface area contributed by atoms with Gasteiger partial charge in [0.1, 0.15) is 6.61 Å². The summed E-state index contributed by atoms with van der Waals surface area (Å²) in [7, 11) is 0. The molecule has 2 amide bonds. The lowest BCUT2D eigenvalue weighted by Crippen LogP contribution is -2.28. The number of imide groups is 1. The van der Waals surface area contributed by atoms with Gasteiger partial charge in [0.25, 0.3) is 11.8 Å². The van der Waals surface area contributed by atoms with Crippen LogP contribution in [0.15, 0.2) is 59.7 Å². The lowest BCUT2D eigenvalue weighted by molar-refractivity contribution is -0.140. The van der Waals surface area contributed by atoms with Gasteiger partial charge in [-0.2, -0.15) is 10.1 Å². The highest BCUT2D eigenvalue weighted by atomic mass is 35.5. The minimum atomic E-state index is -0.272. The topological polar surface area (TPSA) is 68.2 Å². The first-order valence-corrected chi connectivity index (χ1v) is 11.2. The van der Waals surface area contributed by atoms with Crippen molar-refractivity contribution in [3.05, 3.63) is 70.8 Å². The van der Waals surface area contributed by atoms with Gasteiger partial charge in [-0.25, -0.2) is 0 Å². The highest BCUT2D eigenvalue weighted by molar-refractivity contribution is 6.32. The Morgan fingerprint density at radius 1 is 1.06 bits per heavy atom. The summed E-state index contributed by atoms with van der Waals surface area (Å²) < 4.78 is 11.7. The van der Waals surface area contributed by atoms with E-state index in [1.807, 2.05) is 37.3 Å². The van der Waals surface area contributed by atoms with Crippen LogP contribution in [0.25, 0.3) is 0 Å². The maximum absolute atomic E-state index is 12.8. The molecule has 1 saturated carbocycles. The number of benzene rings is 2. The van der Waals surface area contributed by atoms with Crippen molar-refractivity contribution in [1.29, 1.82) is 0 Å². The van der Waals surface area contributed by atoms with Crippen LogP contribution in [-0.4, -0.2) is 29.6 Å². The molecular weight excluding hydrogens is 428 g/mol. The highest BCUT2D eigenvalue weighted by Crippen LogP contribution is 2.52. The molecular formula is C25H23ClN2O4. The van der Waals surface area contributed by atoms with E-state index in [1.165, 1.54) is 6.21 Å². The van der Waals surface area contributed by atoms with Gasteiger partial charge in [0, 0.05) is 0 Å². The van der Waals surface area contributed by atoms with Crippen LogP contribution in [0.2, 0.25) is 5.02 Å². The zero-order valence-corrected chi connectivity index (χ0v) is 18.4. The summed E-state index contributed by atoms with van der Waals surface area (Å²) in [4.78, 5) is 25.6. The number of carbonyl (C=O) groups is 2. The minimum Gasteiger partial charge on any atom is -0.490 e. The second-order valence-electron chi connectivity index (χ2n) is 8.27. The van der Waals surface area contributed by atoms with Crippen molar-refractivity contribution >= 4 is 29.6 Å². The number of hydrazone groups is 1. The molecule has 5 rings (SSSR count). The van der Waals surface area contributed by atoms with Crippen LogP contribution in [0.4, 0.5) is 0 Å². The molecule has 1 saturated heterocycles. The average molecular weight is 451 g/mol. The number of fused-ring (bicyclic) bond motifs is 5. The van der Waals surface area contributed by atoms with Crippen LogP contribution in [0, 0.1) is 23.7 Å². The van der Waals surface area contributed by atoms with Crippen molar-refractivity contribution in [3.63, 3.8) is 0 Å². The Balaban J connectivity index is 1.35. The fraction of sp³-hybridized carbons (Fsp3) is 0.320. The lowest BCUT2D eigenvalue weighted by atomic mass is 9.85. The zero-order chi connectivity index (χ0) is 22.2. The molecule has 6 nitrogen and oxygen atoms in total. The SMILES string of the molecule is CCOc1cc(C=NN2C(=O)C3C4C=CC(C4)C3C2=O)cc(Cl)c1OCc1ccccc1. The van der Waals surface area contributed by atoms with E-state index >= 15 is 0 Å². The van der Waals surface area contributed by atoms with E-state index < -0.39 is 0 Å². The Morgan fingerprint density at radius 2 is 1.75 bits per heavy atom. The van der Waals surface area contributed by atoms with Gasteiger partial charge >= 0.3 is 0 Å². The van der Waals surface area contributed by atoms with Gasteiger partial charge in [0.05, 0.1) is 29.7 Å². The predicted octanol–water partition coefficient (Wildman–Crippen LogP) is 4.46. The molecule has 0 spiro atoms. The number of hydrogen-bond donors (Lipinski definition) is 0. The van der Waals surface area contributed by atoms with Crippen LogP contribution >= 0.6 is 11.6 Å². The van der Waals surface area contributed by atoms with Crippen molar-refractivity contribution in [1.82, 2.24) is 5.01 Å². The fourth-order valence-electron chi connectivity index (χ4n) is 4.92. The third-order valence-corrected chi connectivity index (χ3v) is 6.61. The van der Waals surface area contributed by atoms with Crippen LogP contribution in [0.1, 0.15) is 24.5 Å². The summed E-state index contributed by atoms with van der Waals surface area (Å²) in [5.41, 5.74) is 1.63. The number of halogens is 1. The Morgan fingerprint density at radius 3 is 2.41 bits per heavy atom. The highest BCUT2D eigenvalue weighted by Gasteiger charge is 2.59. The van der Waals surface area contributed by atoms with E-state index in [2.05, 4.69) is 17.3 Å². The predicted molar refractivity (Wildman–Crippen MR) is 121 cm³/mol. The van der Waals surface area contributed by atoms with Gasteiger partial charge in [-0.1, -0.05) is 54.1 Å². The molecule has 0 radical (unpaired) electrons.